The second kappa shape index (κ2) is 8.19. The summed E-state index contributed by atoms with van der Waals surface area (Å²) in [6, 6.07) is 0. The van der Waals surface area contributed by atoms with E-state index in [2.05, 4.69) is 41.5 Å². The van der Waals surface area contributed by atoms with E-state index in [1.807, 2.05) is 0 Å². The van der Waals surface area contributed by atoms with Gasteiger partial charge in [0.1, 0.15) is 0 Å². The molecule has 3 unspecified atom stereocenters. The van der Waals surface area contributed by atoms with Crippen molar-refractivity contribution in [1.82, 2.24) is 0 Å². The van der Waals surface area contributed by atoms with Gasteiger partial charge in [-0.3, -0.25) is 0 Å². The smallest absolute Gasteiger partial charge is 0.0363 e. The van der Waals surface area contributed by atoms with Crippen molar-refractivity contribution in [1.29, 1.82) is 0 Å². The summed E-state index contributed by atoms with van der Waals surface area (Å²) in [6.45, 7) is 14.3. The molecule has 0 aromatic rings. The molecule has 0 aromatic heterocycles. The molecule has 0 heterocycles. The predicted octanol–water partition coefficient (Wildman–Crippen LogP) is 5.52. The van der Waals surface area contributed by atoms with E-state index in [4.69, 9.17) is 0 Å². The highest BCUT2D eigenvalue weighted by Gasteiger charge is 2.24. The number of rotatable bonds is 8. The molecule has 0 nitrogen and oxygen atoms in total. The lowest BCUT2D eigenvalue weighted by molar-refractivity contribution is 0.181. The maximum absolute atomic E-state index is 2.47. The van der Waals surface area contributed by atoms with Crippen LogP contribution in [0.1, 0.15) is 73.6 Å². The maximum Gasteiger partial charge on any atom is -0.0363 e. The summed E-state index contributed by atoms with van der Waals surface area (Å²) in [7, 11) is 0. The molecule has 92 valence electrons. The Hall–Kier alpha value is 0. The van der Waals surface area contributed by atoms with Gasteiger partial charge in [0.15, 0.2) is 0 Å². The van der Waals surface area contributed by atoms with Gasteiger partial charge in [-0.25, -0.2) is 0 Å². The van der Waals surface area contributed by atoms with Gasteiger partial charge in [0.05, 0.1) is 0 Å². The minimum Gasteiger partial charge on any atom is -0.0654 e. The van der Waals surface area contributed by atoms with Gasteiger partial charge in [-0.15, -0.1) is 0 Å². The highest BCUT2D eigenvalue weighted by Crippen LogP contribution is 2.33. The molecule has 0 aliphatic carbocycles. The first-order valence-corrected chi connectivity index (χ1v) is 7.04. The first-order valence-electron chi connectivity index (χ1n) is 7.04. The van der Waals surface area contributed by atoms with Gasteiger partial charge >= 0.3 is 0 Å². The van der Waals surface area contributed by atoms with E-state index in [1.54, 1.807) is 0 Å². The van der Waals surface area contributed by atoms with E-state index in [9.17, 15) is 0 Å². The van der Waals surface area contributed by atoms with Crippen LogP contribution >= 0.6 is 0 Å². The molecule has 0 heteroatoms. The molecule has 0 aliphatic heterocycles. The average Bonchev–Trinajstić information content (AvgIpc) is 2.18. The van der Waals surface area contributed by atoms with E-state index in [0.29, 0.717) is 0 Å². The molecule has 0 saturated carbocycles. The van der Waals surface area contributed by atoms with Crippen LogP contribution < -0.4 is 0 Å². The molecule has 0 saturated heterocycles. The van der Waals surface area contributed by atoms with E-state index < -0.39 is 0 Å². The molecule has 0 aliphatic rings. The molecule has 0 aromatic carbocycles. The Bertz CT molecular complexity index is 137. The lowest BCUT2D eigenvalue weighted by Crippen LogP contribution is -2.23. The second-order valence-electron chi connectivity index (χ2n) is 5.68. The molecule has 0 bridgehead atoms. The van der Waals surface area contributed by atoms with E-state index >= 15 is 0 Å². The first-order chi connectivity index (χ1) is 7.04. The van der Waals surface area contributed by atoms with Crippen LogP contribution in [0.15, 0.2) is 0 Å². The largest absolute Gasteiger partial charge is 0.0654 e. The van der Waals surface area contributed by atoms with E-state index in [-0.39, 0.29) is 0 Å². The highest BCUT2D eigenvalue weighted by molar-refractivity contribution is 4.74. The summed E-state index contributed by atoms with van der Waals surface area (Å²) in [5.74, 6) is 3.59. The molecule has 0 rings (SSSR count). The number of unbranched alkanes of at least 4 members (excludes halogenated alkanes) is 1. The van der Waals surface area contributed by atoms with Gasteiger partial charge in [-0.1, -0.05) is 67.2 Å². The Balaban J connectivity index is 4.20. The fourth-order valence-corrected chi connectivity index (χ4v) is 2.78. The van der Waals surface area contributed by atoms with Crippen molar-refractivity contribution in [2.75, 3.05) is 0 Å². The first kappa shape index (κ1) is 15.0. The Morgan fingerprint density at radius 3 is 1.80 bits per heavy atom. The molecule has 0 radical (unpaired) electrons. The van der Waals surface area contributed by atoms with Crippen molar-refractivity contribution in [2.24, 2.45) is 23.7 Å². The zero-order valence-electron chi connectivity index (χ0n) is 11.8. The molecule has 0 spiro atoms. The zero-order valence-corrected chi connectivity index (χ0v) is 11.8. The van der Waals surface area contributed by atoms with Crippen molar-refractivity contribution >= 4 is 0 Å². The van der Waals surface area contributed by atoms with Crippen LogP contribution in [0.5, 0.6) is 0 Å². The molecule has 0 fully saturated rings. The SMILES string of the molecule is CCCCC(C(C)C)C(C)C(C)CCC. The fourth-order valence-electron chi connectivity index (χ4n) is 2.78. The van der Waals surface area contributed by atoms with Gasteiger partial charge in [0.2, 0.25) is 0 Å². The molecule has 15 heavy (non-hydrogen) atoms. The third-order valence-electron chi connectivity index (χ3n) is 4.06. The quantitative estimate of drug-likeness (QED) is 0.497. The minimum atomic E-state index is 0.853. The lowest BCUT2D eigenvalue weighted by atomic mass is 9.74. The number of hydrogen-bond donors (Lipinski definition) is 0. The second-order valence-corrected chi connectivity index (χ2v) is 5.68. The van der Waals surface area contributed by atoms with Crippen LogP contribution in [-0.4, -0.2) is 0 Å². The van der Waals surface area contributed by atoms with Crippen molar-refractivity contribution in [2.45, 2.75) is 73.6 Å². The van der Waals surface area contributed by atoms with Crippen molar-refractivity contribution in [3.63, 3.8) is 0 Å². The Kier molecular flexibility index (Phi) is 8.19. The molecular formula is C15H32. The van der Waals surface area contributed by atoms with E-state index in [1.165, 1.54) is 32.1 Å². The third kappa shape index (κ3) is 5.58. The van der Waals surface area contributed by atoms with Gasteiger partial charge < -0.3 is 0 Å². The van der Waals surface area contributed by atoms with Crippen LogP contribution in [-0.2, 0) is 0 Å². The van der Waals surface area contributed by atoms with Crippen LogP contribution in [0.4, 0.5) is 0 Å². The summed E-state index contributed by atoms with van der Waals surface area (Å²) >= 11 is 0. The normalized spacial score (nSPS) is 17.8. The standard InChI is InChI=1S/C15H32/c1-7-9-11-15(12(3)4)14(6)13(5)10-8-2/h12-15H,7-11H2,1-6H3. The summed E-state index contributed by atoms with van der Waals surface area (Å²) in [5.41, 5.74) is 0. The minimum absolute atomic E-state index is 0.853. The molecular weight excluding hydrogens is 180 g/mol. The summed E-state index contributed by atoms with van der Waals surface area (Å²) < 4.78 is 0. The van der Waals surface area contributed by atoms with Crippen molar-refractivity contribution in [3.8, 4) is 0 Å². The number of hydrogen-bond acceptors (Lipinski definition) is 0. The predicted molar refractivity (Wildman–Crippen MR) is 71.1 cm³/mol. The monoisotopic (exact) mass is 212 g/mol. The fraction of sp³-hybridized carbons (Fsp3) is 1.00. The lowest BCUT2D eigenvalue weighted by Gasteiger charge is -2.32. The zero-order chi connectivity index (χ0) is 11.8. The summed E-state index contributed by atoms with van der Waals surface area (Å²) in [5, 5.41) is 0. The Labute approximate surface area is 97.8 Å². The van der Waals surface area contributed by atoms with Crippen molar-refractivity contribution in [3.05, 3.63) is 0 Å². The van der Waals surface area contributed by atoms with Crippen molar-refractivity contribution < 1.29 is 0 Å². The van der Waals surface area contributed by atoms with Crippen LogP contribution in [0.2, 0.25) is 0 Å². The topological polar surface area (TPSA) is 0 Å². The average molecular weight is 212 g/mol. The molecule has 0 N–H and O–H groups in total. The highest BCUT2D eigenvalue weighted by atomic mass is 14.3. The maximum atomic E-state index is 2.47. The summed E-state index contributed by atoms with van der Waals surface area (Å²) in [6.07, 6.45) is 6.92. The molecule has 3 atom stereocenters. The van der Waals surface area contributed by atoms with Gasteiger partial charge in [-0.05, 0) is 30.1 Å². The van der Waals surface area contributed by atoms with Crippen LogP contribution in [0.25, 0.3) is 0 Å². The van der Waals surface area contributed by atoms with E-state index in [0.717, 1.165) is 23.7 Å². The molecule has 0 amide bonds. The Morgan fingerprint density at radius 2 is 1.40 bits per heavy atom. The summed E-state index contributed by atoms with van der Waals surface area (Å²) in [4.78, 5) is 0. The van der Waals surface area contributed by atoms with Gasteiger partial charge in [-0.2, -0.15) is 0 Å². The third-order valence-corrected chi connectivity index (χ3v) is 4.06. The Morgan fingerprint density at radius 1 is 0.800 bits per heavy atom. The van der Waals surface area contributed by atoms with Crippen LogP contribution in [0.3, 0.4) is 0 Å². The van der Waals surface area contributed by atoms with Crippen LogP contribution in [0, 0.1) is 23.7 Å². The van der Waals surface area contributed by atoms with Gasteiger partial charge in [0.25, 0.3) is 0 Å². The van der Waals surface area contributed by atoms with Gasteiger partial charge in [0, 0.05) is 0 Å².